The lowest BCUT2D eigenvalue weighted by molar-refractivity contribution is -0.115. The molecule has 2 N–H and O–H groups in total. The van der Waals surface area contributed by atoms with E-state index >= 15 is 0 Å². The van der Waals surface area contributed by atoms with Crippen LogP contribution >= 0.6 is 23.1 Å². The number of amides is 1. The highest BCUT2D eigenvalue weighted by molar-refractivity contribution is 7.98. The summed E-state index contributed by atoms with van der Waals surface area (Å²) in [5, 5.41) is 11.7. The Morgan fingerprint density at radius 1 is 1.35 bits per heavy atom. The van der Waals surface area contributed by atoms with Crippen molar-refractivity contribution >= 4 is 34.1 Å². The van der Waals surface area contributed by atoms with Crippen LogP contribution in [0, 0.1) is 12.7 Å². The minimum Gasteiger partial charge on any atom is -0.301 e. The molecule has 26 heavy (non-hydrogen) atoms. The maximum absolute atomic E-state index is 13.7. The summed E-state index contributed by atoms with van der Waals surface area (Å²) in [6.45, 7) is 1.78. The van der Waals surface area contributed by atoms with Gasteiger partial charge in [0.2, 0.25) is 11.0 Å². The lowest BCUT2D eigenvalue weighted by atomic mass is 10.2. The zero-order chi connectivity index (χ0) is 18.5. The van der Waals surface area contributed by atoms with Crippen molar-refractivity contribution in [2.24, 2.45) is 0 Å². The predicted octanol–water partition coefficient (Wildman–Crippen LogP) is 2.54. The first-order valence-electron chi connectivity index (χ1n) is 7.56. The zero-order valence-electron chi connectivity index (χ0n) is 13.7. The van der Waals surface area contributed by atoms with Crippen LogP contribution in [0.25, 0.3) is 0 Å². The molecule has 7 nitrogen and oxygen atoms in total. The zero-order valence-corrected chi connectivity index (χ0v) is 15.3. The highest BCUT2D eigenvalue weighted by Crippen LogP contribution is 2.20. The molecule has 1 amide bonds. The Morgan fingerprint density at radius 3 is 2.88 bits per heavy atom. The number of H-pyrrole nitrogens is 1. The van der Waals surface area contributed by atoms with E-state index in [9.17, 15) is 14.0 Å². The fraction of sp³-hybridized carbons (Fsp3) is 0.188. The van der Waals surface area contributed by atoms with Gasteiger partial charge in [-0.15, -0.1) is 10.2 Å². The average molecular weight is 391 g/mol. The highest BCUT2D eigenvalue weighted by Gasteiger charge is 2.11. The second-order valence-corrected chi connectivity index (χ2v) is 7.42. The van der Waals surface area contributed by atoms with E-state index in [1.165, 1.54) is 35.2 Å². The number of aromatic nitrogens is 4. The molecule has 0 atom stereocenters. The Kier molecular flexibility index (Phi) is 5.74. The Balaban J connectivity index is 1.66. The number of anilines is 1. The number of benzene rings is 1. The van der Waals surface area contributed by atoms with Crippen molar-refractivity contribution in [3.63, 3.8) is 0 Å². The second-order valence-electron chi connectivity index (χ2n) is 5.27. The van der Waals surface area contributed by atoms with Gasteiger partial charge in [0, 0.05) is 11.8 Å². The number of hydrogen-bond donors (Lipinski definition) is 2. The molecular formula is C16H14FN5O2S2. The molecule has 0 saturated heterocycles. The van der Waals surface area contributed by atoms with E-state index in [4.69, 9.17) is 0 Å². The second kappa shape index (κ2) is 8.19. The molecule has 0 saturated carbocycles. The SMILES string of the molecule is Cc1nnc(NC(=O)Cc2cc(=O)[nH]c(SCc3ccccc3F)n2)s1. The molecule has 0 aliphatic rings. The van der Waals surface area contributed by atoms with Gasteiger partial charge in [0.15, 0.2) is 5.16 Å². The number of thioether (sulfide) groups is 1. The van der Waals surface area contributed by atoms with Gasteiger partial charge < -0.3 is 10.3 Å². The third-order valence-electron chi connectivity index (χ3n) is 3.21. The van der Waals surface area contributed by atoms with Gasteiger partial charge in [0.1, 0.15) is 10.8 Å². The molecule has 0 aliphatic heterocycles. The monoisotopic (exact) mass is 391 g/mol. The maximum Gasteiger partial charge on any atom is 0.251 e. The van der Waals surface area contributed by atoms with Gasteiger partial charge in [-0.25, -0.2) is 9.37 Å². The van der Waals surface area contributed by atoms with Gasteiger partial charge in [0.05, 0.1) is 12.1 Å². The van der Waals surface area contributed by atoms with Crippen molar-refractivity contribution in [3.8, 4) is 0 Å². The third-order valence-corrected chi connectivity index (χ3v) is 4.89. The molecule has 0 bridgehead atoms. The standard InChI is InChI=1S/C16H14FN5O2S2/c1-9-21-22-16(26-9)20-14(24)7-11-6-13(23)19-15(18-11)25-8-10-4-2-3-5-12(10)17/h2-6H,7-8H2,1H3,(H,18,19,23)(H,20,22,24). The molecule has 2 aromatic heterocycles. The topological polar surface area (TPSA) is 101 Å². The molecule has 10 heteroatoms. The Hall–Kier alpha value is -2.59. The minimum absolute atomic E-state index is 0.0736. The fourth-order valence-corrected chi connectivity index (χ4v) is 3.57. The Labute approximate surface area is 156 Å². The Bertz CT molecular complexity index is 989. The maximum atomic E-state index is 13.7. The van der Waals surface area contributed by atoms with E-state index in [1.807, 2.05) is 0 Å². The fourth-order valence-electron chi connectivity index (χ4n) is 2.08. The van der Waals surface area contributed by atoms with Crippen LogP contribution in [-0.4, -0.2) is 26.1 Å². The number of carbonyl (C=O) groups excluding carboxylic acids is 1. The van der Waals surface area contributed by atoms with Crippen molar-refractivity contribution in [2.75, 3.05) is 5.32 Å². The molecule has 0 unspecified atom stereocenters. The summed E-state index contributed by atoms with van der Waals surface area (Å²) in [6, 6.07) is 7.66. The summed E-state index contributed by atoms with van der Waals surface area (Å²) in [5.74, 6) is -0.343. The summed E-state index contributed by atoms with van der Waals surface area (Å²) >= 11 is 2.45. The first-order chi connectivity index (χ1) is 12.5. The summed E-state index contributed by atoms with van der Waals surface area (Å²) in [7, 11) is 0. The average Bonchev–Trinajstić information content (AvgIpc) is 2.98. The first kappa shape index (κ1) is 18.2. The van der Waals surface area contributed by atoms with Crippen LogP contribution < -0.4 is 10.9 Å². The quantitative estimate of drug-likeness (QED) is 0.495. The van der Waals surface area contributed by atoms with Crippen molar-refractivity contribution in [3.05, 3.63) is 62.8 Å². The minimum atomic E-state index is -0.370. The van der Waals surface area contributed by atoms with E-state index in [-0.39, 0.29) is 23.7 Å². The molecule has 134 valence electrons. The molecule has 3 aromatic rings. The number of rotatable bonds is 6. The smallest absolute Gasteiger partial charge is 0.251 e. The van der Waals surface area contributed by atoms with E-state index in [1.54, 1.807) is 25.1 Å². The van der Waals surface area contributed by atoms with E-state index in [0.29, 0.717) is 27.3 Å². The molecule has 0 radical (unpaired) electrons. The summed E-state index contributed by atoms with van der Waals surface area (Å²) < 4.78 is 13.7. The van der Waals surface area contributed by atoms with Gasteiger partial charge >= 0.3 is 0 Å². The predicted molar refractivity (Wildman–Crippen MR) is 97.8 cm³/mol. The van der Waals surface area contributed by atoms with Gasteiger partial charge in [-0.3, -0.25) is 9.59 Å². The van der Waals surface area contributed by atoms with Gasteiger partial charge in [0.25, 0.3) is 5.56 Å². The summed E-state index contributed by atoms with van der Waals surface area (Å²) in [6.07, 6.45) is -0.0736. The van der Waals surface area contributed by atoms with Crippen molar-refractivity contribution < 1.29 is 9.18 Å². The molecule has 2 heterocycles. The van der Waals surface area contributed by atoms with Crippen LogP contribution in [0.2, 0.25) is 0 Å². The molecule has 0 spiro atoms. The normalized spacial score (nSPS) is 10.7. The molecule has 0 aliphatic carbocycles. The summed E-state index contributed by atoms with van der Waals surface area (Å²) in [4.78, 5) is 30.7. The number of aryl methyl sites for hydroxylation is 1. The number of hydrogen-bond acceptors (Lipinski definition) is 7. The number of aromatic amines is 1. The molecule has 3 rings (SSSR count). The van der Waals surface area contributed by atoms with Crippen molar-refractivity contribution in [2.45, 2.75) is 24.3 Å². The largest absolute Gasteiger partial charge is 0.301 e. The lowest BCUT2D eigenvalue weighted by Crippen LogP contribution is -2.18. The van der Waals surface area contributed by atoms with Gasteiger partial charge in [-0.1, -0.05) is 41.3 Å². The van der Waals surface area contributed by atoms with Crippen LogP contribution in [0.5, 0.6) is 0 Å². The van der Waals surface area contributed by atoms with Crippen LogP contribution in [0.15, 0.2) is 40.3 Å². The number of nitrogens with zero attached hydrogens (tertiary/aromatic N) is 3. The first-order valence-corrected chi connectivity index (χ1v) is 9.36. The van der Waals surface area contributed by atoms with Gasteiger partial charge in [-0.2, -0.15) is 0 Å². The van der Waals surface area contributed by atoms with E-state index in [2.05, 4.69) is 25.5 Å². The van der Waals surface area contributed by atoms with Gasteiger partial charge in [-0.05, 0) is 18.6 Å². The highest BCUT2D eigenvalue weighted by atomic mass is 32.2. The number of carbonyl (C=O) groups is 1. The van der Waals surface area contributed by atoms with E-state index < -0.39 is 0 Å². The number of nitrogens with one attached hydrogen (secondary N) is 2. The lowest BCUT2D eigenvalue weighted by Gasteiger charge is -2.05. The molecule has 1 aromatic carbocycles. The third kappa shape index (κ3) is 4.96. The molecule has 0 fully saturated rings. The van der Waals surface area contributed by atoms with Crippen molar-refractivity contribution in [1.29, 1.82) is 0 Å². The summed E-state index contributed by atoms with van der Waals surface area (Å²) in [5.41, 5.74) is 0.462. The van der Waals surface area contributed by atoms with Crippen molar-refractivity contribution in [1.82, 2.24) is 20.2 Å². The van der Waals surface area contributed by atoms with Crippen LogP contribution in [0.1, 0.15) is 16.3 Å². The Morgan fingerprint density at radius 2 is 2.15 bits per heavy atom. The van der Waals surface area contributed by atoms with E-state index in [0.717, 1.165) is 5.01 Å². The van der Waals surface area contributed by atoms with Crippen LogP contribution in [0.4, 0.5) is 9.52 Å². The molecular weight excluding hydrogens is 377 g/mol. The van der Waals surface area contributed by atoms with Crippen LogP contribution in [-0.2, 0) is 17.0 Å². The number of halogens is 1. The van der Waals surface area contributed by atoms with Crippen LogP contribution in [0.3, 0.4) is 0 Å².